The third-order valence-electron chi connectivity index (χ3n) is 13.5. The maximum atomic E-state index is 12.8. The molecular formula is C65H116O6. The van der Waals surface area contributed by atoms with E-state index in [0.29, 0.717) is 19.3 Å². The fourth-order valence-electron chi connectivity index (χ4n) is 8.94. The van der Waals surface area contributed by atoms with Crippen molar-refractivity contribution in [1.82, 2.24) is 0 Å². The van der Waals surface area contributed by atoms with Crippen molar-refractivity contribution in [3.8, 4) is 0 Å². The van der Waals surface area contributed by atoms with E-state index in [0.717, 1.165) is 96.3 Å². The van der Waals surface area contributed by atoms with Crippen LogP contribution in [0.25, 0.3) is 0 Å². The van der Waals surface area contributed by atoms with Gasteiger partial charge < -0.3 is 14.2 Å². The van der Waals surface area contributed by atoms with Crippen molar-refractivity contribution in [2.24, 2.45) is 0 Å². The Hall–Kier alpha value is -2.89. The van der Waals surface area contributed by atoms with Crippen molar-refractivity contribution in [3.05, 3.63) is 60.8 Å². The summed E-state index contributed by atoms with van der Waals surface area (Å²) in [5, 5.41) is 0. The Morgan fingerprint density at radius 1 is 0.296 bits per heavy atom. The van der Waals surface area contributed by atoms with Crippen LogP contribution in [0.2, 0.25) is 0 Å². The lowest BCUT2D eigenvalue weighted by Gasteiger charge is -2.18. The van der Waals surface area contributed by atoms with Crippen LogP contribution in [-0.2, 0) is 28.6 Å². The number of hydrogen-bond acceptors (Lipinski definition) is 6. The fourth-order valence-corrected chi connectivity index (χ4v) is 8.94. The number of hydrogen-bond donors (Lipinski definition) is 0. The van der Waals surface area contributed by atoms with Crippen molar-refractivity contribution in [2.75, 3.05) is 13.2 Å². The van der Waals surface area contributed by atoms with Crippen LogP contribution in [0, 0.1) is 0 Å². The Morgan fingerprint density at radius 2 is 0.549 bits per heavy atom. The van der Waals surface area contributed by atoms with Gasteiger partial charge in [0.25, 0.3) is 0 Å². The number of unbranched alkanes of at least 4 members (excludes halogenated alkanes) is 35. The molecule has 71 heavy (non-hydrogen) atoms. The summed E-state index contributed by atoms with van der Waals surface area (Å²) in [5.74, 6) is -0.905. The van der Waals surface area contributed by atoms with Crippen molar-refractivity contribution < 1.29 is 28.6 Å². The topological polar surface area (TPSA) is 78.9 Å². The van der Waals surface area contributed by atoms with E-state index in [1.807, 2.05) is 0 Å². The molecule has 0 aromatic rings. The Labute approximate surface area is 440 Å². The van der Waals surface area contributed by atoms with Crippen molar-refractivity contribution in [1.29, 1.82) is 0 Å². The van der Waals surface area contributed by atoms with Crippen LogP contribution in [-0.4, -0.2) is 37.2 Å². The lowest BCUT2D eigenvalue weighted by atomic mass is 10.0. The van der Waals surface area contributed by atoms with Crippen molar-refractivity contribution in [3.63, 3.8) is 0 Å². The Balaban J connectivity index is 4.22. The molecule has 1 unspecified atom stereocenters. The molecule has 0 aliphatic rings. The van der Waals surface area contributed by atoms with E-state index < -0.39 is 6.10 Å². The van der Waals surface area contributed by atoms with Gasteiger partial charge in [-0.2, -0.15) is 0 Å². The zero-order valence-corrected chi connectivity index (χ0v) is 47.2. The SMILES string of the molecule is CC/C=C\C/C=C\C/C=C\C/C=C\C/C=C\CCCCCC(=O)OC(COC(=O)CCCCCCCCCCC)COC(=O)CCCCCCCCCCCCCCCCCCCCCCCCCCC. The van der Waals surface area contributed by atoms with E-state index in [2.05, 4.69) is 81.5 Å². The maximum Gasteiger partial charge on any atom is 0.306 e. The van der Waals surface area contributed by atoms with E-state index in [9.17, 15) is 14.4 Å². The standard InChI is InChI=1S/C65H116O6/c1-4-7-10-13-16-19-21-23-25-27-29-30-31-32-33-34-36-37-39-41-43-46-49-52-55-58-64(67)70-61-62(60-69-63(66)57-54-51-48-45-18-15-12-9-6-3)71-65(68)59-56-53-50-47-44-42-40-38-35-28-26-24-22-20-17-14-11-8-5-2/h8,11,17,20,24,26,35,38,42,44,62H,4-7,9-10,12-16,18-19,21-23,25,27-34,36-37,39-41,43,45-61H2,1-3H3/b11-8-,20-17-,26-24-,38-35-,44-42-. The summed E-state index contributed by atoms with van der Waals surface area (Å²) < 4.78 is 16.8. The summed E-state index contributed by atoms with van der Waals surface area (Å²) in [4.78, 5) is 38.1. The highest BCUT2D eigenvalue weighted by Crippen LogP contribution is 2.17. The van der Waals surface area contributed by atoms with Crippen LogP contribution in [0.5, 0.6) is 0 Å². The van der Waals surface area contributed by atoms with Crippen molar-refractivity contribution >= 4 is 17.9 Å². The minimum absolute atomic E-state index is 0.0839. The van der Waals surface area contributed by atoms with Gasteiger partial charge in [0, 0.05) is 19.3 Å². The number of carbonyl (C=O) groups excluding carboxylic acids is 3. The second-order valence-electron chi connectivity index (χ2n) is 20.6. The molecule has 0 aromatic heterocycles. The summed E-state index contributed by atoms with van der Waals surface area (Å²) in [6.45, 7) is 6.52. The zero-order valence-electron chi connectivity index (χ0n) is 47.2. The molecule has 0 fully saturated rings. The summed E-state index contributed by atoms with van der Waals surface area (Å²) in [7, 11) is 0. The first-order chi connectivity index (χ1) is 35.0. The molecule has 1 atom stereocenters. The van der Waals surface area contributed by atoms with Gasteiger partial charge in [-0.15, -0.1) is 0 Å². The number of carbonyl (C=O) groups is 3. The number of esters is 3. The molecule has 0 radical (unpaired) electrons. The molecule has 0 amide bonds. The van der Waals surface area contributed by atoms with Gasteiger partial charge >= 0.3 is 17.9 Å². The van der Waals surface area contributed by atoms with Gasteiger partial charge in [0.1, 0.15) is 13.2 Å². The largest absolute Gasteiger partial charge is 0.462 e. The van der Waals surface area contributed by atoms with Gasteiger partial charge in [-0.25, -0.2) is 0 Å². The zero-order chi connectivity index (χ0) is 51.4. The highest BCUT2D eigenvalue weighted by molar-refractivity contribution is 5.71. The lowest BCUT2D eigenvalue weighted by molar-refractivity contribution is -0.167. The average molecular weight is 994 g/mol. The fraction of sp³-hybridized carbons (Fsp3) is 0.800. The van der Waals surface area contributed by atoms with E-state index in [-0.39, 0.29) is 31.1 Å². The maximum absolute atomic E-state index is 12.8. The Kier molecular flexibility index (Phi) is 57.2. The number of rotatable bonds is 56. The molecule has 0 spiro atoms. The van der Waals surface area contributed by atoms with Crippen LogP contribution in [0.15, 0.2) is 60.8 Å². The van der Waals surface area contributed by atoms with Gasteiger partial charge in [0.05, 0.1) is 0 Å². The van der Waals surface area contributed by atoms with Gasteiger partial charge in [-0.1, -0.05) is 293 Å². The quantitative estimate of drug-likeness (QED) is 0.0261. The van der Waals surface area contributed by atoms with Crippen LogP contribution < -0.4 is 0 Å². The lowest BCUT2D eigenvalue weighted by Crippen LogP contribution is -2.30. The monoisotopic (exact) mass is 993 g/mol. The molecule has 0 aliphatic carbocycles. The molecule has 0 rings (SSSR count). The molecule has 6 heteroatoms. The minimum atomic E-state index is -0.788. The molecule has 0 N–H and O–H groups in total. The highest BCUT2D eigenvalue weighted by atomic mass is 16.6. The molecule has 0 aliphatic heterocycles. The number of ether oxygens (including phenoxy) is 3. The van der Waals surface area contributed by atoms with E-state index >= 15 is 0 Å². The first kappa shape index (κ1) is 68.1. The first-order valence-corrected chi connectivity index (χ1v) is 30.8. The van der Waals surface area contributed by atoms with Gasteiger partial charge in [-0.05, 0) is 64.2 Å². The highest BCUT2D eigenvalue weighted by Gasteiger charge is 2.19. The van der Waals surface area contributed by atoms with E-state index in [1.165, 1.54) is 180 Å². The molecule has 0 aromatic carbocycles. The van der Waals surface area contributed by atoms with Crippen LogP contribution >= 0.6 is 0 Å². The number of allylic oxidation sites excluding steroid dienone is 10. The average Bonchev–Trinajstić information content (AvgIpc) is 3.37. The molecule has 0 heterocycles. The van der Waals surface area contributed by atoms with Gasteiger partial charge in [-0.3, -0.25) is 14.4 Å². The Morgan fingerprint density at radius 3 is 0.859 bits per heavy atom. The molecule has 6 nitrogen and oxygen atoms in total. The predicted molar refractivity (Wildman–Crippen MR) is 307 cm³/mol. The smallest absolute Gasteiger partial charge is 0.306 e. The molecule has 0 saturated carbocycles. The first-order valence-electron chi connectivity index (χ1n) is 30.8. The van der Waals surface area contributed by atoms with Gasteiger partial charge in [0.15, 0.2) is 6.10 Å². The molecule has 0 saturated heterocycles. The third kappa shape index (κ3) is 57.9. The normalized spacial score (nSPS) is 12.4. The van der Waals surface area contributed by atoms with Crippen LogP contribution in [0.4, 0.5) is 0 Å². The molecular weight excluding hydrogens is 877 g/mol. The summed E-state index contributed by atoms with van der Waals surface area (Å²) in [5.41, 5.74) is 0. The second-order valence-corrected chi connectivity index (χ2v) is 20.6. The Bertz CT molecular complexity index is 1280. The van der Waals surface area contributed by atoms with Gasteiger partial charge in [0.2, 0.25) is 0 Å². The predicted octanol–water partition coefficient (Wildman–Crippen LogP) is 20.8. The summed E-state index contributed by atoms with van der Waals surface area (Å²) >= 11 is 0. The molecule has 412 valence electrons. The second kappa shape index (κ2) is 59.7. The minimum Gasteiger partial charge on any atom is -0.462 e. The van der Waals surface area contributed by atoms with Crippen molar-refractivity contribution in [2.45, 2.75) is 322 Å². The van der Waals surface area contributed by atoms with Crippen LogP contribution in [0.3, 0.4) is 0 Å². The molecule has 0 bridgehead atoms. The third-order valence-corrected chi connectivity index (χ3v) is 13.5. The summed E-state index contributed by atoms with van der Waals surface area (Å²) in [6.07, 6.45) is 75.3. The van der Waals surface area contributed by atoms with Crippen LogP contribution in [0.1, 0.15) is 316 Å². The van der Waals surface area contributed by atoms with E-state index in [1.54, 1.807) is 0 Å². The summed E-state index contributed by atoms with van der Waals surface area (Å²) in [6, 6.07) is 0. The van der Waals surface area contributed by atoms with E-state index in [4.69, 9.17) is 14.2 Å².